The molecule has 406 valence electrons. The molecule has 1 saturated heterocycles. The van der Waals surface area contributed by atoms with Gasteiger partial charge < -0.3 is 33.8 Å². The number of amides is 2. The molecular weight excluding hydrogens is 931 g/mol. The molecule has 19 nitrogen and oxygen atoms in total. The van der Waals surface area contributed by atoms with Crippen molar-refractivity contribution in [2.45, 2.75) is 208 Å². The Kier molecular flexibility index (Phi) is 22.2. The minimum atomic E-state index is -0.844. The molecule has 2 fully saturated rings. The summed E-state index contributed by atoms with van der Waals surface area (Å²) in [6.07, 6.45) is 3.30. The highest BCUT2D eigenvalue weighted by Crippen LogP contribution is 2.30. The number of carbonyl (C=O) groups excluding carboxylic acids is 8. The SMILES string of the molecule is CC(C)(C)OC(=O)CN(CC(=O)OC(C)(C)C)[C@H](Cc1ccc(NCCCC(=O)ON2C(=O)CCC2=O)cc1)CN(CC(=O)OC(C)(C)C)[C@H]1CCCC[C@@H]1N(CC(=O)OC(C)(C)C)CC(=O)OC(C)(C)C. The van der Waals surface area contributed by atoms with E-state index in [0.717, 1.165) is 24.1 Å². The fourth-order valence-electron chi connectivity index (χ4n) is 8.44. The van der Waals surface area contributed by atoms with Crippen molar-refractivity contribution in [2.24, 2.45) is 0 Å². The number of hydrogen-bond acceptors (Lipinski definition) is 18. The third-order valence-corrected chi connectivity index (χ3v) is 10.9. The third-order valence-electron chi connectivity index (χ3n) is 10.9. The van der Waals surface area contributed by atoms with Crippen LogP contribution < -0.4 is 5.32 Å². The summed E-state index contributed by atoms with van der Waals surface area (Å²) in [6, 6.07) is 5.97. The maximum Gasteiger partial charge on any atom is 0.333 e. The summed E-state index contributed by atoms with van der Waals surface area (Å²) in [5, 5.41) is 3.80. The van der Waals surface area contributed by atoms with Crippen LogP contribution in [0.5, 0.6) is 0 Å². The fraction of sp³-hybridized carbons (Fsp3) is 0.736. The molecule has 1 aliphatic carbocycles. The van der Waals surface area contributed by atoms with Crippen molar-refractivity contribution in [1.82, 2.24) is 19.8 Å². The lowest BCUT2D eigenvalue weighted by atomic mass is 9.87. The van der Waals surface area contributed by atoms with Gasteiger partial charge in [-0.05, 0) is 147 Å². The van der Waals surface area contributed by atoms with E-state index >= 15 is 0 Å². The van der Waals surface area contributed by atoms with Crippen LogP contribution in [0, 0.1) is 0 Å². The van der Waals surface area contributed by atoms with Gasteiger partial charge in [-0.1, -0.05) is 25.0 Å². The molecule has 0 aromatic heterocycles. The minimum absolute atomic E-state index is 0.00868. The van der Waals surface area contributed by atoms with Gasteiger partial charge in [0.1, 0.15) is 28.0 Å². The van der Waals surface area contributed by atoms with Crippen LogP contribution in [-0.4, -0.2) is 159 Å². The second-order valence-electron chi connectivity index (χ2n) is 23.7. The summed E-state index contributed by atoms with van der Waals surface area (Å²) >= 11 is 0. The molecule has 0 radical (unpaired) electrons. The van der Waals surface area contributed by atoms with E-state index in [1.165, 1.54) is 0 Å². The first-order chi connectivity index (χ1) is 33.0. The zero-order valence-electron chi connectivity index (χ0n) is 45.9. The molecule has 1 saturated carbocycles. The molecule has 19 heteroatoms. The maximum absolute atomic E-state index is 14.1. The number of hydroxylamine groups is 2. The van der Waals surface area contributed by atoms with Gasteiger partial charge >= 0.3 is 35.8 Å². The van der Waals surface area contributed by atoms with E-state index in [0.29, 0.717) is 30.9 Å². The molecule has 1 aromatic carbocycles. The number of anilines is 1. The lowest BCUT2D eigenvalue weighted by Gasteiger charge is -2.46. The van der Waals surface area contributed by atoms with Crippen LogP contribution in [-0.2, 0) is 73.3 Å². The standard InChI is InChI=1S/C53H85N5O14/c1-49(2,3)67-44(62)31-55(32-45(63)68-50(4,5)6)38(29-36-22-24-37(25-23-36)54-28-18-21-43(61)72-58-41(59)26-27-42(58)60)30-56(33-46(64)69-51(7,8)9)39-19-16-17-20-40(39)57(34-47(65)70-52(10,11)12)35-48(66)71-53(13,14)15/h22-25,38-40,54H,16-21,26-35H2,1-15H3/t38-,39+,40+/m1/s1. The summed E-state index contributed by atoms with van der Waals surface area (Å²) < 4.78 is 29.1. The monoisotopic (exact) mass is 1020 g/mol. The molecule has 1 heterocycles. The average molecular weight is 1020 g/mol. The van der Waals surface area contributed by atoms with Gasteiger partial charge in [-0.3, -0.25) is 48.3 Å². The number of esters is 5. The lowest BCUT2D eigenvalue weighted by molar-refractivity contribution is -0.197. The Hall–Kier alpha value is -5.14. The first-order valence-electron chi connectivity index (χ1n) is 25.3. The van der Waals surface area contributed by atoms with Gasteiger partial charge in [-0.2, -0.15) is 0 Å². The minimum Gasteiger partial charge on any atom is -0.459 e. The lowest BCUT2D eigenvalue weighted by Crippen LogP contribution is -2.60. The Bertz CT molecular complexity index is 1950. The molecular formula is C53H85N5O14. The largest absolute Gasteiger partial charge is 0.459 e. The highest BCUT2D eigenvalue weighted by atomic mass is 16.7. The van der Waals surface area contributed by atoms with E-state index in [4.69, 9.17) is 28.5 Å². The molecule has 1 aliphatic heterocycles. The number of imide groups is 1. The zero-order valence-corrected chi connectivity index (χ0v) is 45.9. The van der Waals surface area contributed by atoms with Crippen molar-refractivity contribution >= 4 is 53.3 Å². The van der Waals surface area contributed by atoms with Gasteiger partial charge in [0.25, 0.3) is 11.8 Å². The van der Waals surface area contributed by atoms with Crippen molar-refractivity contribution < 1.29 is 66.9 Å². The van der Waals surface area contributed by atoms with Crippen LogP contribution >= 0.6 is 0 Å². The topological polar surface area (TPSA) is 217 Å². The highest BCUT2D eigenvalue weighted by Gasteiger charge is 2.41. The second kappa shape index (κ2) is 26.2. The van der Waals surface area contributed by atoms with Gasteiger partial charge in [-0.15, -0.1) is 5.06 Å². The predicted octanol–water partition coefficient (Wildman–Crippen LogP) is 6.32. The van der Waals surface area contributed by atoms with E-state index in [1.54, 1.807) is 114 Å². The first kappa shape index (κ1) is 61.2. The fourth-order valence-corrected chi connectivity index (χ4v) is 8.44. The molecule has 1 N–H and O–H groups in total. The molecule has 3 atom stereocenters. The quantitative estimate of drug-likeness (QED) is 0.0549. The average Bonchev–Trinajstić information content (AvgIpc) is 3.50. The van der Waals surface area contributed by atoms with Crippen molar-refractivity contribution in [2.75, 3.05) is 51.1 Å². The Morgan fingerprint density at radius 1 is 0.556 bits per heavy atom. The van der Waals surface area contributed by atoms with Gasteiger partial charge in [0.05, 0.1) is 32.7 Å². The summed E-state index contributed by atoms with van der Waals surface area (Å²) in [7, 11) is 0. The highest BCUT2D eigenvalue weighted by molar-refractivity contribution is 6.01. The second-order valence-corrected chi connectivity index (χ2v) is 23.7. The molecule has 0 spiro atoms. The number of nitrogens with zero attached hydrogens (tertiary/aromatic N) is 4. The number of nitrogens with one attached hydrogen (secondary N) is 1. The molecule has 72 heavy (non-hydrogen) atoms. The Balaban J connectivity index is 2.11. The Labute approximate surface area is 427 Å². The third kappa shape index (κ3) is 24.1. The van der Waals surface area contributed by atoms with Crippen molar-refractivity contribution in [3.8, 4) is 0 Å². The number of ether oxygens (including phenoxy) is 5. The van der Waals surface area contributed by atoms with E-state index in [1.807, 2.05) is 29.2 Å². The van der Waals surface area contributed by atoms with Crippen molar-refractivity contribution in [3.63, 3.8) is 0 Å². The van der Waals surface area contributed by atoms with E-state index in [-0.39, 0.29) is 65.0 Å². The van der Waals surface area contributed by atoms with Gasteiger partial charge in [0.2, 0.25) is 0 Å². The molecule has 1 aromatic rings. The van der Waals surface area contributed by atoms with Gasteiger partial charge in [-0.25, -0.2) is 4.79 Å². The van der Waals surface area contributed by atoms with Crippen LogP contribution in [0.3, 0.4) is 0 Å². The van der Waals surface area contributed by atoms with E-state index < -0.39 is 93.8 Å². The molecule has 2 aliphatic rings. The molecule has 0 bridgehead atoms. The summed E-state index contributed by atoms with van der Waals surface area (Å²) in [4.78, 5) is 116. The Morgan fingerprint density at radius 3 is 1.33 bits per heavy atom. The number of benzene rings is 1. The summed E-state index contributed by atoms with van der Waals surface area (Å²) in [6.45, 7) is 25.7. The summed E-state index contributed by atoms with van der Waals surface area (Å²) in [5.41, 5.74) is -2.56. The van der Waals surface area contributed by atoms with Crippen LogP contribution in [0.15, 0.2) is 24.3 Å². The Morgan fingerprint density at radius 2 is 0.931 bits per heavy atom. The van der Waals surface area contributed by atoms with Gasteiger partial charge in [0, 0.05) is 56.2 Å². The number of rotatable bonds is 23. The predicted molar refractivity (Wildman–Crippen MR) is 269 cm³/mol. The molecule has 0 unspecified atom stereocenters. The van der Waals surface area contributed by atoms with Crippen LogP contribution in [0.1, 0.15) is 161 Å². The van der Waals surface area contributed by atoms with E-state index in [9.17, 15) is 38.4 Å². The van der Waals surface area contributed by atoms with Crippen LogP contribution in [0.25, 0.3) is 0 Å². The number of hydrogen-bond donors (Lipinski definition) is 1. The smallest absolute Gasteiger partial charge is 0.333 e. The normalized spacial score (nSPS) is 17.4. The molecule has 2 amide bonds. The van der Waals surface area contributed by atoms with Gasteiger partial charge in [0.15, 0.2) is 0 Å². The maximum atomic E-state index is 14.1. The first-order valence-corrected chi connectivity index (χ1v) is 25.3. The van der Waals surface area contributed by atoms with Crippen LogP contribution in [0.4, 0.5) is 5.69 Å². The molecule has 3 rings (SSSR count). The number of carbonyl (C=O) groups is 8. The van der Waals surface area contributed by atoms with E-state index in [2.05, 4.69) is 5.32 Å². The van der Waals surface area contributed by atoms with Crippen LogP contribution in [0.2, 0.25) is 0 Å². The van der Waals surface area contributed by atoms with Crippen molar-refractivity contribution in [3.05, 3.63) is 29.8 Å². The van der Waals surface area contributed by atoms with Crippen molar-refractivity contribution in [1.29, 1.82) is 0 Å². The summed E-state index contributed by atoms with van der Waals surface area (Å²) in [5.74, 6) is -4.49. The zero-order chi connectivity index (χ0) is 54.4.